The van der Waals surface area contributed by atoms with Crippen molar-refractivity contribution in [1.82, 2.24) is 14.7 Å². The topological polar surface area (TPSA) is 47.1 Å². The number of amides is 2. The minimum absolute atomic E-state index is 0.0704. The molecule has 0 spiro atoms. The van der Waals surface area contributed by atoms with Crippen LogP contribution in [0.4, 0.5) is 10.1 Å². The molecule has 4 rings (SSSR count). The second-order valence-corrected chi connectivity index (χ2v) is 8.68. The average Bonchev–Trinajstić information content (AvgIpc) is 2.81. The lowest BCUT2D eigenvalue weighted by atomic mass is 10.1. The molecule has 0 saturated carbocycles. The summed E-state index contributed by atoms with van der Waals surface area (Å²) in [6.45, 7) is 5.79. The van der Waals surface area contributed by atoms with Gasteiger partial charge in [0.1, 0.15) is 5.82 Å². The SMILES string of the molecule is O=C(Cc1ccccc1Cl)N1CCN(CC(=O)N2CCN(c3ccc(F)cc3)CC2)CC1. The number of halogens is 2. The number of carbonyl (C=O) groups excluding carboxylic acids is 2. The van der Waals surface area contributed by atoms with Gasteiger partial charge in [-0.25, -0.2) is 4.39 Å². The Kier molecular flexibility index (Phi) is 7.27. The van der Waals surface area contributed by atoms with Gasteiger partial charge in [-0.1, -0.05) is 29.8 Å². The van der Waals surface area contributed by atoms with Gasteiger partial charge in [0.25, 0.3) is 0 Å². The van der Waals surface area contributed by atoms with Gasteiger partial charge in [-0.05, 0) is 35.9 Å². The molecule has 2 aliphatic rings. The lowest BCUT2D eigenvalue weighted by Gasteiger charge is -2.38. The predicted octanol–water partition coefficient (Wildman–Crippen LogP) is 2.51. The Bertz CT molecular complexity index is 939. The quantitative estimate of drug-likeness (QED) is 0.690. The molecule has 32 heavy (non-hydrogen) atoms. The molecule has 2 heterocycles. The van der Waals surface area contributed by atoms with Crippen LogP contribution in [0.2, 0.25) is 5.02 Å². The molecule has 8 heteroatoms. The molecule has 2 aromatic carbocycles. The fourth-order valence-corrected chi connectivity index (χ4v) is 4.43. The number of hydrogen-bond acceptors (Lipinski definition) is 4. The smallest absolute Gasteiger partial charge is 0.236 e. The number of piperazine rings is 2. The van der Waals surface area contributed by atoms with Crippen molar-refractivity contribution < 1.29 is 14.0 Å². The highest BCUT2D eigenvalue weighted by Gasteiger charge is 2.26. The van der Waals surface area contributed by atoms with Crippen LogP contribution in [-0.4, -0.2) is 85.4 Å². The van der Waals surface area contributed by atoms with Gasteiger partial charge in [-0.3, -0.25) is 14.5 Å². The summed E-state index contributed by atoms with van der Waals surface area (Å²) in [6, 6.07) is 13.9. The molecular weight excluding hydrogens is 431 g/mol. The van der Waals surface area contributed by atoms with Gasteiger partial charge in [0.2, 0.25) is 11.8 Å². The second kappa shape index (κ2) is 10.3. The zero-order valence-electron chi connectivity index (χ0n) is 18.1. The highest BCUT2D eigenvalue weighted by molar-refractivity contribution is 6.31. The summed E-state index contributed by atoms with van der Waals surface area (Å²) >= 11 is 6.17. The molecule has 170 valence electrons. The first-order chi connectivity index (χ1) is 15.5. The van der Waals surface area contributed by atoms with E-state index in [2.05, 4.69) is 9.80 Å². The summed E-state index contributed by atoms with van der Waals surface area (Å²) in [5.41, 5.74) is 1.83. The third-order valence-corrected chi connectivity index (χ3v) is 6.58. The van der Waals surface area contributed by atoms with Crippen LogP contribution in [0.5, 0.6) is 0 Å². The van der Waals surface area contributed by atoms with E-state index in [9.17, 15) is 14.0 Å². The molecule has 0 bridgehead atoms. The van der Waals surface area contributed by atoms with Crippen LogP contribution >= 0.6 is 11.6 Å². The lowest BCUT2D eigenvalue weighted by molar-refractivity contribution is -0.135. The van der Waals surface area contributed by atoms with E-state index in [1.165, 1.54) is 12.1 Å². The van der Waals surface area contributed by atoms with E-state index in [0.717, 1.165) is 24.3 Å². The van der Waals surface area contributed by atoms with Gasteiger partial charge in [-0.15, -0.1) is 0 Å². The number of rotatable bonds is 5. The van der Waals surface area contributed by atoms with E-state index >= 15 is 0 Å². The van der Waals surface area contributed by atoms with Crippen molar-refractivity contribution in [2.75, 3.05) is 63.8 Å². The summed E-state index contributed by atoms with van der Waals surface area (Å²) in [5.74, 6) is -0.0474. The maximum Gasteiger partial charge on any atom is 0.236 e. The number of hydrogen-bond donors (Lipinski definition) is 0. The average molecular weight is 459 g/mol. The van der Waals surface area contributed by atoms with Crippen LogP contribution in [0.25, 0.3) is 0 Å². The molecule has 0 atom stereocenters. The Labute approximate surface area is 193 Å². The molecule has 0 aliphatic carbocycles. The van der Waals surface area contributed by atoms with Crippen molar-refractivity contribution in [3.63, 3.8) is 0 Å². The number of anilines is 1. The Morgan fingerprint density at radius 1 is 0.781 bits per heavy atom. The Morgan fingerprint density at radius 2 is 1.38 bits per heavy atom. The fraction of sp³-hybridized carbons (Fsp3) is 0.417. The van der Waals surface area contributed by atoms with Crippen molar-refractivity contribution in [3.05, 3.63) is 64.9 Å². The highest BCUT2D eigenvalue weighted by Crippen LogP contribution is 2.18. The molecule has 0 aromatic heterocycles. The number of benzene rings is 2. The minimum Gasteiger partial charge on any atom is -0.368 e. The van der Waals surface area contributed by atoms with Crippen molar-refractivity contribution in [2.24, 2.45) is 0 Å². The van der Waals surface area contributed by atoms with Crippen LogP contribution in [-0.2, 0) is 16.0 Å². The zero-order chi connectivity index (χ0) is 22.5. The predicted molar refractivity (Wildman–Crippen MR) is 123 cm³/mol. The molecule has 2 aromatic rings. The molecule has 0 N–H and O–H groups in total. The Morgan fingerprint density at radius 3 is 2.03 bits per heavy atom. The van der Waals surface area contributed by atoms with Crippen LogP contribution in [0.1, 0.15) is 5.56 Å². The van der Waals surface area contributed by atoms with Crippen LogP contribution < -0.4 is 4.90 Å². The molecule has 2 saturated heterocycles. The van der Waals surface area contributed by atoms with Crippen molar-refractivity contribution in [3.8, 4) is 0 Å². The standard InChI is InChI=1S/C24H28ClFN4O2/c25-22-4-2-1-3-19(22)17-23(31)29-11-9-27(10-12-29)18-24(32)30-15-13-28(14-16-30)21-7-5-20(26)6-8-21/h1-8H,9-18H2. The van der Waals surface area contributed by atoms with E-state index in [-0.39, 0.29) is 17.6 Å². The van der Waals surface area contributed by atoms with Gasteiger partial charge in [0.15, 0.2) is 0 Å². The van der Waals surface area contributed by atoms with E-state index in [0.29, 0.717) is 57.3 Å². The molecule has 6 nitrogen and oxygen atoms in total. The van der Waals surface area contributed by atoms with Crippen molar-refractivity contribution in [2.45, 2.75) is 6.42 Å². The first kappa shape index (κ1) is 22.6. The van der Waals surface area contributed by atoms with Crippen LogP contribution in [0.3, 0.4) is 0 Å². The van der Waals surface area contributed by atoms with E-state index in [1.807, 2.05) is 28.0 Å². The normalized spacial score (nSPS) is 17.5. The van der Waals surface area contributed by atoms with Gasteiger partial charge in [0.05, 0.1) is 13.0 Å². The molecular formula is C24H28ClFN4O2. The molecule has 2 amide bonds. The van der Waals surface area contributed by atoms with Crippen LogP contribution in [0.15, 0.2) is 48.5 Å². The maximum absolute atomic E-state index is 13.1. The highest BCUT2D eigenvalue weighted by atomic mass is 35.5. The maximum atomic E-state index is 13.1. The van der Waals surface area contributed by atoms with E-state index in [1.54, 1.807) is 18.2 Å². The largest absolute Gasteiger partial charge is 0.368 e. The van der Waals surface area contributed by atoms with Crippen LogP contribution in [0, 0.1) is 5.82 Å². The Hall–Kier alpha value is -2.64. The van der Waals surface area contributed by atoms with Crippen molar-refractivity contribution in [1.29, 1.82) is 0 Å². The van der Waals surface area contributed by atoms with Gasteiger partial charge in [0, 0.05) is 63.1 Å². The van der Waals surface area contributed by atoms with Crippen molar-refractivity contribution >= 4 is 29.1 Å². The lowest BCUT2D eigenvalue weighted by Crippen LogP contribution is -2.54. The molecule has 0 radical (unpaired) electrons. The number of nitrogens with zero attached hydrogens (tertiary/aromatic N) is 4. The third kappa shape index (κ3) is 5.58. The summed E-state index contributed by atoms with van der Waals surface area (Å²) in [4.78, 5) is 33.4. The van der Waals surface area contributed by atoms with Gasteiger partial charge < -0.3 is 14.7 Å². The summed E-state index contributed by atoms with van der Waals surface area (Å²) in [7, 11) is 0. The summed E-state index contributed by atoms with van der Waals surface area (Å²) in [5, 5.41) is 0.615. The molecule has 2 fully saturated rings. The summed E-state index contributed by atoms with van der Waals surface area (Å²) in [6.07, 6.45) is 0.303. The number of carbonyl (C=O) groups is 2. The third-order valence-electron chi connectivity index (χ3n) is 6.21. The first-order valence-corrected chi connectivity index (χ1v) is 11.4. The van der Waals surface area contributed by atoms with Gasteiger partial charge in [-0.2, -0.15) is 0 Å². The van der Waals surface area contributed by atoms with Gasteiger partial charge >= 0.3 is 0 Å². The second-order valence-electron chi connectivity index (χ2n) is 8.27. The molecule has 0 unspecified atom stereocenters. The molecule has 2 aliphatic heterocycles. The monoisotopic (exact) mass is 458 g/mol. The fourth-order valence-electron chi connectivity index (χ4n) is 4.23. The Balaban J connectivity index is 1.20. The zero-order valence-corrected chi connectivity index (χ0v) is 18.8. The summed E-state index contributed by atoms with van der Waals surface area (Å²) < 4.78 is 13.1. The van der Waals surface area contributed by atoms with E-state index < -0.39 is 0 Å². The minimum atomic E-state index is -0.242. The first-order valence-electron chi connectivity index (χ1n) is 11.0. The van der Waals surface area contributed by atoms with E-state index in [4.69, 9.17) is 11.6 Å².